The number of alkyl halides is 1. The topological polar surface area (TPSA) is 38.8 Å². The molecule has 0 N–H and O–H groups in total. The third-order valence-electron chi connectivity index (χ3n) is 2.08. The fraction of sp³-hybridized carbons (Fsp3) is 0.909. The lowest BCUT2D eigenvalue weighted by molar-refractivity contribution is -0.132. The summed E-state index contributed by atoms with van der Waals surface area (Å²) in [5.74, 6) is 0.424. The van der Waals surface area contributed by atoms with Crippen LogP contribution in [-0.4, -0.2) is 56.2 Å². The third kappa shape index (κ3) is 7.91. The second kappa shape index (κ2) is 11.2. The monoisotopic (exact) mass is 251 g/mol. The van der Waals surface area contributed by atoms with E-state index in [-0.39, 0.29) is 5.91 Å². The van der Waals surface area contributed by atoms with Crippen LogP contribution in [0.15, 0.2) is 0 Å². The lowest BCUT2D eigenvalue weighted by Gasteiger charge is -2.22. The van der Waals surface area contributed by atoms with Gasteiger partial charge in [0.05, 0.1) is 13.2 Å². The first kappa shape index (κ1) is 15.7. The van der Waals surface area contributed by atoms with E-state index < -0.39 is 0 Å². The zero-order valence-corrected chi connectivity index (χ0v) is 11.0. The van der Waals surface area contributed by atoms with E-state index in [9.17, 15) is 4.79 Å². The molecule has 0 saturated heterocycles. The van der Waals surface area contributed by atoms with E-state index in [0.717, 1.165) is 0 Å². The van der Waals surface area contributed by atoms with Crippen molar-refractivity contribution in [1.29, 1.82) is 0 Å². The Morgan fingerprint density at radius 1 is 1.12 bits per heavy atom. The van der Waals surface area contributed by atoms with Gasteiger partial charge in [0.1, 0.15) is 0 Å². The van der Waals surface area contributed by atoms with Crippen molar-refractivity contribution in [3.05, 3.63) is 0 Å². The van der Waals surface area contributed by atoms with E-state index in [0.29, 0.717) is 51.8 Å². The van der Waals surface area contributed by atoms with Crippen molar-refractivity contribution < 1.29 is 14.3 Å². The van der Waals surface area contributed by atoms with E-state index in [1.165, 1.54) is 0 Å². The van der Waals surface area contributed by atoms with E-state index in [2.05, 4.69) is 0 Å². The maximum absolute atomic E-state index is 11.7. The average molecular weight is 252 g/mol. The molecule has 0 radical (unpaired) electrons. The summed E-state index contributed by atoms with van der Waals surface area (Å²) in [6.07, 6.45) is 0.375. The molecule has 1 amide bonds. The van der Waals surface area contributed by atoms with Crippen LogP contribution in [-0.2, 0) is 14.3 Å². The van der Waals surface area contributed by atoms with Gasteiger partial charge in [-0.15, -0.1) is 11.6 Å². The zero-order chi connectivity index (χ0) is 12.2. The number of halogens is 1. The molecule has 0 aliphatic rings. The number of rotatable bonds is 10. The number of carbonyl (C=O) groups is 1. The van der Waals surface area contributed by atoms with E-state index in [4.69, 9.17) is 21.1 Å². The average Bonchev–Trinajstić information content (AvgIpc) is 2.28. The molecular weight excluding hydrogens is 230 g/mol. The summed E-state index contributed by atoms with van der Waals surface area (Å²) in [7, 11) is 0. The minimum absolute atomic E-state index is 0.0643. The molecule has 0 aromatic heterocycles. The Morgan fingerprint density at radius 2 is 1.62 bits per heavy atom. The number of nitrogens with zero attached hydrogens (tertiary/aromatic N) is 1. The van der Waals surface area contributed by atoms with Crippen molar-refractivity contribution in [1.82, 2.24) is 4.90 Å². The highest BCUT2D eigenvalue weighted by atomic mass is 35.5. The van der Waals surface area contributed by atoms with Gasteiger partial charge in [-0.1, -0.05) is 0 Å². The normalized spacial score (nSPS) is 10.4. The first-order chi connectivity index (χ1) is 7.76. The van der Waals surface area contributed by atoms with Crippen molar-refractivity contribution in [3.63, 3.8) is 0 Å². The van der Waals surface area contributed by atoms with Gasteiger partial charge in [0.15, 0.2) is 0 Å². The van der Waals surface area contributed by atoms with Crippen LogP contribution in [0.25, 0.3) is 0 Å². The van der Waals surface area contributed by atoms with Crippen LogP contribution < -0.4 is 0 Å². The smallest absolute Gasteiger partial charge is 0.223 e. The van der Waals surface area contributed by atoms with Crippen LogP contribution >= 0.6 is 11.6 Å². The van der Waals surface area contributed by atoms with Crippen molar-refractivity contribution >= 4 is 17.5 Å². The number of ether oxygens (including phenoxy) is 2. The first-order valence-corrected chi connectivity index (χ1v) is 6.28. The number of hydrogen-bond acceptors (Lipinski definition) is 3. The molecule has 0 fully saturated rings. The molecule has 0 heterocycles. The van der Waals surface area contributed by atoms with Crippen LogP contribution in [0, 0.1) is 0 Å². The summed E-state index contributed by atoms with van der Waals surface area (Å²) in [5.41, 5.74) is 0. The molecule has 0 unspecified atom stereocenters. The molecule has 5 heteroatoms. The zero-order valence-electron chi connectivity index (χ0n) is 10.2. The highest BCUT2D eigenvalue weighted by Gasteiger charge is 2.11. The highest BCUT2D eigenvalue weighted by Crippen LogP contribution is 1.97. The number of carbonyl (C=O) groups excluding carboxylic acids is 1. The van der Waals surface area contributed by atoms with E-state index >= 15 is 0 Å². The molecule has 0 aliphatic carbocycles. The summed E-state index contributed by atoms with van der Waals surface area (Å²) in [6.45, 7) is 7.56. The minimum Gasteiger partial charge on any atom is -0.380 e. The molecule has 0 spiro atoms. The summed E-state index contributed by atoms with van der Waals surface area (Å²) in [6, 6.07) is 0. The van der Waals surface area contributed by atoms with Gasteiger partial charge in [0, 0.05) is 38.6 Å². The minimum atomic E-state index is 0.0643. The van der Waals surface area contributed by atoms with Crippen molar-refractivity contribution in [3.8, 4) is 0 Å². The largest absolute Gasteiger partial charge is 0.380 e. The van der Waals surface area contributed by atoms with Gasteiger partial charge in [-0.3, -0.25) is 4.79 Å². The van der Waals surface area contributed by atoms with Crippen molar-refractivity contribution in [2.24, 2.45) is 0 Å². The maximum Gasteiger partial charge on any atom is 0.223 e. The molecule has 0 saturated carbocycles. The maximum atomic E-state index is 11.7. The summed E-state index contributed by atoms with van der Waals surface area (Å²) in [5, 5.41) is 0. The van der Waals surface area contributed by atoms with Gasteiger partial charge in [-0.2, -0.15) is 0 Å². The molecule has 0 aromatic carbocycles. The number of amides is 1. The molecule has 0 aliphatic heterocycles. The SMILES string of the molecule is CCOCCN(CCOCC)C(=O)CCCl. The van der Waals surface area contributed by atoms with Gasteiger partial charge in [0.2, 0.25) is 5.91 Å². The van der Waals surface area contributed by atoms with Crippen molar-refractivity contribution in [2.75, 3.05) is 45.4 Å². The molecule has 0 atom stereocenters. The fourth-order valence-electron chi connectivity index (χ4n) is 1.24. The van der Waals surface area contributed by atoms with Crippen LogP contribution in [0.2, 0.25) is 0 Å². The van der Waals surface area contributed by atoms with Crippen molar-refractivity contribution in [2.45, 2.75) is 20.3 Å². The molecule has 4 nitrogen and oxygen atoms in total. The lowest BCUT2D eigenvalue weighted by Crippen LogP contribution is -2.36. The fourth-order valence-corrected chi connectivity index (χ4v) is 1.40. The van der Waals surface area contributed by atoms with Gasteiger partial charge in [-0.05, 0) is 13.8 Å². The molecule has 0 rings (SSSR count). The quantitative estimate of drug-likeness (QED) is 0.437. The lowest BCUT2D eigenvalue weighted by atomic mass is 10.3. The molecule has 96 valence electrons. The third-order valence-corrected chi connectivity index (χ3v) is 2.27. The Morgan fingerprint density at radius 3 is 2.00 bits per heavy atom. The number of hydrogen-bond donors (Lipinski definition) is 0. The highest BCUT2D eigenvalue weighted by molar-refractivity contribution is 6.18. The molecular formula is C11H22ClNO3. The predicted octanol–water partition coefficient (Wildman–Crippen LogP) is 1.52. The standard InChI is InChI=1S/C11H22ClNO3/c1-3-15-9-7-13(8-10-16-4-2)11(14)5-6-12/h3-10H2,1-2H3. The Labute approximate surface area is 103 Å². The van der Waals surface area contributed by atoms with Crippen LogP contribution in [0.3, 0.4) is 0 Å². The predicted molar refractivity (Wildman–Crippen MR) is 64.9 cm³/mol. The Kier molecular flexibility index (Phi) is 11.0. The Hall–Kier alpha value is -0.320. The summed E-state index contributed by atoms with van der Waals surface area (Å²) in [4.78, 5) is 13.4. The van der Waals surface area contributed by atoms with Gasteiger partial charge >= 0.3 is 0 Å². The summed E-state index contributed by atoms with van der Waals surface area (Å²) < 4.78 is 10.5. The summed E-state index contributed by atoms with van der Waals surface area (Å²) >= 11 is 5.55. The van der Waals surface area contributed by atoms with Crippen LogP contribution in [0.4, 0.5) is 0 Å². The molecule has 0 bridgehead atoms. The van der Waals surface area contributed by atoms with Gasteiger partial charge in [0.25, 0.3) is 0 Å². The molecule has 16 heavy (non-hydrogen) atoms. The van der Waals surface area contributed by atoms with E-state index in [1.807, 2.05) is 13.8 Å². The first-order valence-electron chi connectivity index (χ1n) is 5.75. The van der Waals surface area contributed by atoms with Crippen LogP contribution in [0.5, 0.6) is 0 Å². The van der Waals surface area contributed by atoms with E-state index in [1.54, 1.807) is 4.90 Å². The van der Waals surface area contributed by atoms with Crippen LogP contribution in [0.1, 0.15) is 20.3 Å². The second-order valence-electron chi connectivity index (χ2n) is 3.21. The van der Waals surface area contributed by atoms with Gasteiger partial charge < -0.3 is 14.4 Å². The molecule has 0 aromatic rings. The Bertz CT molecular complexity index is 169. The Balaban J connectivity index is 3.89. The second-order valence-corrected chi connectivity index (χ2v) is 3.59. The van der Waals surface area contributed by atoms with Gasteiger partial charge in [-0.25, -0.2) is 0 Å².